The average molecular weight is 257 g/mol. The van der Waals surface area contributed by atoms with Crippen LogP contribution < -0.4 is 5.32 Å². The van der Waals surface area contributed by atoms with Crippen LogP contribution in [0, 0.1) is 5.92 Å². The highest BCUT2D eigenvalue weighted by Crippen LogP contribution is 2.21. The second kappa shape index (κ2) is 6.91. The van der Waals surface area contributed by atoms with Crippen molar-refractivity contribution in [1.29, 1.82) is 0 Å². The van der Waals surface area contributed by atoms with Gasteiger partial charge in [-0.3, -0.25) is 0 Å². The highest BCUT2D eigenvalue weighted by molar-refractivity contribution is 5.26. The minimum atomic E-state index is 0.451. The van der Waals surface area contributed by atoms with E-state index in [9.17, 15) is 0 Å². The minimum absolute atomic E-state index is 0.451. The molecule has 1 heteroatoms. The number of nitrogens with one attached hydrogen (secondary N) is 1. The van der Waals surface area contributed by atoms with Gasteiger partial charge in [-0.2, -0.15) is 0 Å². The average Bonchev–Trinajstić information content (AvgIpc) is 2.46. The van der Waals surface area contributed by atoms with Crippen LogP contribution in [0.3, 0.4) is 0 Å². The highest BCUT2D eigenvalue weighted by atomic mass is 14.9. The molecule has 0 saturated heterocycles. The second-order valence-corrected chi connectivity index (χ2v) is 6.10. The minimum Gasteiger partial charge on any atom is -0.310 e. The first-order valence-electron chi connectivity index (χ1n) is 7.65. The van der Waals surface area contributed by atoms with Gasteiger partial charge in [-0.1, -0.05) is 50.3 Å². The molecule has 19 heavy (non-hydrogen) atoms. The summed E-state index contributed by atoms with van der Waals surface area (Å²) in [6, 6.07) is 9.53. The molecule has 2 atom stereocenters. The molecular formula is C18H27N. The molecule has 1 aliphatic rings. The molecule has 2 rings (SSSR count). The van der Waals surface area contributed by atoms with Crippen LogP contribution in [0.4, 0.5) is 0 Å². The van der Waals surface area contributed by atoms with Crippen molar-refractivity contribution in [1.82, 2.24) is 5.32 Å². The van der Waals surface area contributed by atoms with E-state index in [0.717, 1.165) is 12.5 Å². The monoisotopic (exact) mass is 257 g/mol. The van der Waals surface area contributed by atoms with Crippen LogP contribution in [0.5, 0.6) is 0 Å². The van der Waals surface area contributed by atoms with Gasteiger partial charge in [-0.25, -0.2) is 0 Å². The Morgan fingerprint density at radius 2 is 1.74 bits per heavy atom. The van der Waals surface area contributed by atoms with E-state index >= 15 is 0 Å². The van der Waals surface area contributed by atoms with Crippen molar-refractivity contribution in [3.63, 3.8) is 0 Å². The lowest BCUT2D eigenvalue weighted by Crippen LogP contribution is -2.26. The van der Waals surface area contributed by atoms with E-state index in [2.05, 4.69) is 62.5 Å². The van der Waals surface area contributed by atoms with Crippen molar-refractivity contribution in [2.24, 2.45) is 5.92 Å². The van der Waals surface area contributed by atoms with E-state index in [1.54, 1.807) is 0 Å². The molecule has 1 aromatic carbocycles. The zero-order valence-electron chi connectivity index (χ0n) is 12.5. The summed E-state index contributed by atoms with van der Waals surface area (Å²) in [5.74, 6) is 1.44. The third kappa shape index (κ3) is 4.21. The molecule has 1 aromatic rings. The molecule has 1 nitrogen and oxygen atoms in total. The molecular weight excluding hydrogens is 230 g/mol. The Hall–Kier alpha value is -1.08. The second-order valence-electron chi connectivity index (χ2n) is 6.10. The number of benzene rings is 1. The molecule has 0 aromatic heterocycles. The lowest BCUT2D eigenvalue weighted by atomic mass is 9.94. The standard InChI is InChI=1S/C18H27N/c1-14(2)17-9-11-18(12-10-17)15(3)19-13-16-7-5-4-6-8-16/h4-5,9-12,14-16,19H,6-8,13H2,1-3H3. The molecule has 0 spiro atoms. The molecule has 2 unspecified atom stereocenters. The first-order valence-corrected chi connectivity index (χ1v) is 7.65. The molecule has 0 radical (unpaired) electrons. The summed E-state index contributed by atoms with van der Waals surface area (Å²) >= 11 is 0. The van der Waals surface area contributed by atoms with Crippen LogP contribution in [0.15, 0.2) is 36.4 Å². The SMILES string of the molecule is CC(C)c1ccc(C(C)NCC2CC=CCC2)cc1. The largest absolute Gasteiger partial charge is 0.310 e. The zero-order valence-corrected chi connectivity index (χ0v) is 12.5. The van der Waals surface area contributed by atoms with E-state index in [4.69, 9.17) is 0 Å². The number of allylic oxidation sites excluding steroid dienone is 2. The van der Waals surface area contributed by atoms with E-state index in [0.29, 0.717) is 12.0 Å². The van der Waals surface area contributed by atoms with Gasteiger partial charge >= 0.3 is 0 Å². The molecule has 0 aliphatic heterocycles. The van der Waals surface area contributed by atoms with Crippen molar-refractivity contribution in [3.8, 4) is 0 Å². The van der Waals surface area contributed by atoms with E-state index in [1.807, 2.05) is 0 Å². The fourth-order valence-electron chi connectivity index (χ4n) is 2.67. The summed E-state index contributed by atoms with van der Waals surface area (Å²) in [6.45, 7) is 7.89. The summed E-state index contributed by atoms with van der Waals surface area (Å²) in [6.07, 6.45) is 8.47. The fraction of sp³-hybridized carbons (Fsp3) is 0.556. The third-order valence-electron chi connectivity index (χ3n) is 4.19. The Balaban J connectivity index is 1.85. The lowest BCUT2D eigenvalue weighted by Gasteiger charge is -2.22. The maximum absolute atomic E-state index is 3.68. The molecule has 0 bridgehead atoms. The van der Waals surface area contributed by atoms with Gasteiger partial charge in [-0.15, -0.1) is 0 Å². The van der Waals surface area contributed by atoms with Gasteiger partial charge in [-0.05, 0) is 55.7 Å². The van der Waals surface area contributed by atoms with Crippen LogP contribution in [0.2, 0.25) is 0 Å². The Morgan fingerprint density at radius 3 is 2.32 bits per heavy atom. The van der Waals surface area contributed by atoms with Crippen molar-refractivity contribution in [2.45, 2.75) is 52.0 Å². The normalized spacial score (nSPS) is 20.7. The van der Waals surface area contributed by atoms with Gasteiger partial charge in [0.1, 0.15) is 0 Å². The van der Waals surface area contributed by atoms with Crippen LogP contribution in [0.1, 0.15) is 63.1 Å². The summed E-state index contributed by atoms with van der Waals surface area (Å²) in [4.78, 5) is 0. The van der Waals surface area contributed by atoms with E-state index in [-0.39, 0.29) is 0 Å². The number of hydrogen-bond donors (Lipinski definition) is 1. The molecule has 0 amide bonds. The van der Waals surface area contributed by atoms with Crippen molar-refractivity contribution in [3.05, 3.63) is 47.5 Å². The maximum atomic E-state index is 3.68. The quantitative estimate of drug-likeness (QED) is 0.746. The smallest absolute Gasteiger partial charge is 0.0291 e. The molecule has 104 valence electrons. The van der Waals surface area contributed by atoms with Gasteiger partial charge in [0.2, 0.25) is 0 Å². The van der Waals surface area contributed by atoms with Crippen molar-refractivity contribution >= 4 is 0 Å². The number of rotatable bonds is 5. The maximum Gasteiger partial charge on any atom is 0.0291 e. The van der Waals surface area contributed by atoms with Crippen LogP contribution in [0.25, 0.3) is 0 Å². The number of hydrogen-bond acceptors (Lipinski definition) is 1. The molecule has 0 heterocycles. The van der Waals surface area contributed by atoms with Crippen LogP contribution >= 0.6 is 0 Å². The highest BCUT2D eigenvalue weighted by Gasteiger charge is 2.12. The molecule has 1 aliphatic carbocycles. The Bertz CT molecular complexity index is 402. The van der Waals surface area contributed by atoms with Gasteiger partial charge in [0, 0.05) is 6.04 Å². The topological polar surface area (TPSA) is 12.0 Å². The van der Waals surface area contributed by atoms with E-state index in [1.165, 1.54) is 30.4 Å². The van der Waals surface area contributed by atoms with Gasteiger partial charge in [0.05, 0.1) is 0 Å². The Kier molecular flexibility index (Phi) is 5.21. The molecule has 0 saturated carbocycles. The van der Waals surface area contributed by atoms with Crippen molar-refractivity contribution < 1.29 is 0 Å². The summed E-state index contributed by atoms with van der Waals surface area (Å²) < 4.78 is 0. The van der Waals surface area contributed by atoms with Crippen molar-refractivity contribution in [2.75, 3.05) is 6.54 Å². The first-order chi connectivity index (χ1) is 9.16. The fourth-order valence-corrected chi connectivity index (χ4v) is 2.67. The Labute approximate surface area is 118 Å². The van der Waals surface area contributed by atoms with Crippen LogP contribution in [-0.4, -0.2) is 6.54 Å². The lowest BCUT2D eigenvalue weighted by molar-refractivity contribution is 0.415. The predicted octanol–water partition coefficient (Wildman–Crippen LogP) is 4.82. The van der Waals surface area contributed by atoms with E-state index < -0.39 is 0 Å². The van der Waals surface area contributed by atoms with Gasteiger partial charge in [0.15, 0.2) is 0 Å². The molecule has 0 fully saturated rings. The summed E-state index contributed by atoms with van der Waals surface area (Å²) in [7, 11) is 0. The van der Waals surface area contributed by atoms with Gasteiger partial charge in [0.25, 0.3) is 0 Å². The predicted molar refractivity (Wildman–Crippen MR) is 83.4 cm³/mol. The third-order valence-corrected chi connectivity index (χ3v) is 4.19. The molecule has 1 N–H and O–H groups in total. The Morgan fingerprint density at radius 1 is 1.05 bits per heavy atom. The van der Waals surface area contributed by atoms with Crippen LogP contribution in [-0.2, 0) is 0 Å². The zero-order chi connectivity index (χ0) is 13.7. The summed E-state index contributed by atoms with van der Waals surface area (Å²) in [5, 5.41) is 3.68. The van der Waals surface area contributed by atoms with Gasteiger partial charge < -0.3 is 5.32 Å². The summed E-state index contributed by atoms with van der Waals surface area (Å²) in [5.41, 5.74) is 2.82. The first kappa shape index (κ1) is 14.3.